The number of hydrogen-bond acceptors (Lipinski definition) is 3. The highest BCUT2D eigenvalue weighted by Crippen LogP contribution is 2.18. The predicted molar refractivity (Wildman–Crippen MR) is 56.1 cm³/mol. The lowest BCUT2D eigenvalue weighted by molar-refractivity contribution is -0.114. The van der Waals surface area contributed by atoms with Crippen molar-refractivity contribution in [1.29, 1.82) is 5.41 Å². The Morgan fingerprint density at radius 3 is 2.64 bits per heavy atom. The number of hydrogen-bond donors (Lipinski definition) is 3. The van der Waals surface area contributed by atoms with Gasteiger partial charge in [0.05, 0.1) is 5.57 Å². The molecule has 78 valence electrons. The molecule has 1 aliphatic carbocycles. The Morgan fingerprint density at radius 1 is 1.64 bits per heavy atom. The van der Waals surface area contributed by atoms with Crippen LogP contribution in [0.5, 0.6) is 0 Å². The summed E-state index contributed by atoms with van der Waals surface area (Å²) in [6, 6.07) is 0.467. The minimum atomic E-state index is -0.149. The third-order valence-corrected chi connectivity index (χ3v) is 2.48. The summed E-state index contributed by atoms with van der Waals surface area (Å²) in [5, 5.41) is 10.4. The van der Waals surface area contributed by atoms with Crippen molar-refractivity contribution in [2.45, 2.75) is 38.6 Å². The van der Waals surface area contributed by atoms with Crippen LogP contribution in [-0.4, -0.2) is 17.7 Å². The van der Waals surface area contributed by atoms with E-state index in [2.05, 4.69) is 5.32 Å². The number of carbonyl (C=O) groups excluding carboxylic acids is 1. The first-order chi connectivity index (χ1) is 6.65. The van der Waals surface area contributed by atoms with Crippen molar-refractivity contribution >= 4 is 11.6 Å². The molecule has 0 spiro atoms. The fourth-order valence-electron chi connectivity index (χ4n) is 1.27. The number of nitrogens with one attached hydrogen (secondary N) is 2. The van der Waals surface area contributed by atoms with Crippen molar-refractivity contribution in [3.8, 4) is 0 Å². The Kier molecular flexibility index (Phi) is 3.68. The highest BCUT2D eigenvalue weighted by Gasteiger charge is 2.17. The minimum Gasteiger partial charge on any atom is -0.387 e. The van der Waals surface area contributed by atoms with Crippen LogP contribution in [0.25, 0.3) is 0 Å². The molecular weight excluding hydrogens is 178 g/mol. The van der Waals surface area contributed by atoms with Gasteiger partial charge in [0, 0.05) is 18.7 Å². The third-order valence-electron chi connectivity index (χ3n) is 2.48. The van der Waals surface area contributed by atoms with Gasteiger partial charge in [-0.15, -0.1) is 0 Å². The Bertz CT molecular complexity index is 267. The van der Waals surface area contributed by atoms with Crippen molar-refractivity contribution in [3.05, 3.63) is 11.8 Å². The third kappa shape index (κ3) is 2.58. The van der Waals surface area contributed by atoms with Crippen LogP contribution >= 0.6 is 0 Å². The Balaban J connectivity index is 2.56. The van der Waals surface area contributed by atoms with Gasteiger partial charge in [-0.2, -0.15) is 0 Å². The lowest BCUT2D eigenvalue weighted by Crippen LogP contribution is -2.33. The molecule has 0 atom stereocenters. The standard InChI is InChI=1S/C10H17N3O/c1-2-9(14)8(10(11)12)6-13-7-4-3-5-7/h6-7,13H,2-5H2,1H3,(H3,11,12)/b8-6-. The summed E-state index contributed by atoms with van der Waals surface area (Å²) in [5.74, 6) is -0.229. The maximum absolute atomic E-state index is 11.3. The van der Waals surface area contributed by atoms with E-state index in [1.165, 1.54) is 6.42 Å². The van der Waals surface area contributed by atoms with Crippen LogP contribution in [0.2, 0.25) is 0 Å². The second kappa shape index (κ2) is 4.79. The summed E-state index contributed by atoms with van der Waals surface area (Å²) in [4.78, 5) is 11.3. The summed E-state index contributed by atoms with van der Waals surface area (Å²) < 4.78 is 0. The number of nitrogens with two attached hydrogens (primary N) is 1. The molecule has 0 bridgehead atoms. The van der Waals surface area contributed by atoms with E-state index in [0.29, 0.717) is 18.0 Å². The molecule has 0 aromatic carbocycles. The molecule has 0 aromatic rings. The van der Waals surface area contributed by atoms with E-state index < -0.39 is 0 Å². The molecule has 0 radical (unpaired) electrons. The van der Waals surface area contributed by atoms with Crippen molar-refractivity contribution in [2.24, 2.45) is 5.73 Å². The minimum absolute atomic E-state index is 0.0793. The molecule has 4 N–H and O–H groups in total. The van der Waals surface area contributed by atoms with E-state index in [-0.39, 0.29) is 11.6 Å². The van der Waals surface area contributed by atoms with E-state index >= 15 is 0 Å². The van der Waals surface area contributed by atoms with Gasteiger partial charge in [-0.05, 0) is 19.3 Å². The average molecular weight is 195 g/mol. The first-order valence-corrected chi connectivity index (χ1v) is 4.99. The maximum atomic E-state index is 11.3. The van der Waals surface area contributed by atoms with Crippen LogP contribution < -0.4 is 11.1 Å². The summed E-state index contributed by atoms with van der Waals surface area (Å²) >= 11 is 0. The molecule has 4 heteroatoms. The fourth-order valence-corrected chi connectivity index (χ4v) is 1.27. The lowest BCUT2D eigenvalue weighted by atomic mass is 9.93. The first-order valence-electron chi connectivity index (χ1n) is 4.99. The molecule has 1 saturated carbocycles. The molecule has 0 heterocycles. The molecule has 1 aliphatic rings. The Labute approximate surface area is 84.1 Å². The zero-order valence-corrected chi connectivity index (χ0v) is 8.47. The number of carbonyl (C=O) groups is 1. The van der Waals surface area contributed by atoms with Gasteiger partial charge < -0.3 is 11.1 Å². The predicted octanol–water partition coefficient (Wildman–Crippen LogP) is 0.927. The van der Waals surface area contributed by atoms with Gasteiger partial charge in [0.25, 0.3) is 0 Å². The van der Waals surface area contributed by atoms with Gasteiger partial charge in [-0.3, -0.25) is 10.2 Å². The van der Waals surface area contributed by atoms with Crippen LogP contribution in [-0.2, 0) is 4.79 Å². The second-order valence-corrected chi connectivity index (χ2v) is 3.54. The molecule has 0 aromatic heterocycles. The monoisotopic (exact) mass is 195 g/mol. The SMILES string of the molecule is CCC(=O)/C(=C/NC1CCC1)C(=N)N. The quantitative estimate of drug-likeness (QED) is 0.347. The normalized spacial score (nSPS) is 17.4. The van der Waals surface area contributed by atoms with Crippen LogP contribution in [0.1, 0.15) is 32.6 Å². The zero-order chi connectivity index (χ0) is 10.6. The lowest BCUT2D eigenvalue weighted by Gasteiger charge is -2.25. The van der Waals surface area contributed by atoms with Gasteiger partial charge >= 0.3 is 0 Å². The van der Waals surface area contributed by atoms with E-state index in [9.17, 15) is 4.79 Å². The van der Waals surface area contributed by atoms with Crippen molar-refractivity contribution in [2.75, 3.05) is 0 Å². The molecule has 0 aliphatic heterocycles. The van der Waals surface area contributed by atoms with E-state index in [4.69, 9.17) is 11.1 Å². The van der Waals surface area contributed by atoms with Crippen LogP contribution in [0.4, 0.5) is 0 Å². The highest BCUT2D eigenvalue weighted by molar-refractivity contribution is 6.19. The van der Waals surface area contributed by atoms with Crippen LogP contribution in [0.15, 0.2) is 11.8 Å². The van der Waals surface area contributed by atoms with Crippen LogP contribution in [0.3, 0.4) is 0 Å². The van der Waals surface area contributed by atoms with Gasteiger partial charge in [-0.1, -0.05) is 6.92 Å². The van der Waals surface area contributed by atoms with E-state index in [1.54, 1.807) is 13.1 Å². The largest absolute Gasteiger partial charge is 0.387 e. The van der Waals surface area contributed by atoms with Crippen LogP contribution in [0, 0.1) is 5.41 Å². The maximum Gasteiger partial charge on any atom is 0.167 e. The van der Waals surface area contributed by atoms with Crippen molar-refractivity contribution in [3.63, 3.8) is 0 Å². The van der Waals surface area contributed by atoms with Gasteiger partial charge in [-0.25, -0.2) is 0 Å². The smallest absolute Gasteiger partial charge is 0.167 e. The number of ketones is 1. The van der Waals surface area contributed by atoms with E-state index in [1.807, 2.05) is 0 Å². The van der Waals surface area contributed by atoms with Crippen molar-refractivity contribution < 1.29 is 4.79 Å². The molecule has 0 saturated heterocycles. The Morgan fingerprint density at radius 2 is 2.29 bits per heavy atom. The molecular formula is C10H17N3O. The number of Topliss-reactive ketones (excluding diaryl/α,β-unsaturated/α-hetero) is 1. The first kappa shape index (κ1) is 10.8. The molecule has 0 unspecified atom stereocenters. The summed E-state index contributed by atoms with van der Waals surface area (Å²) in [5.41, 5.74) is 5.62. The zero-order valence-electron chi connectivity index (χ0n) is 8.47. The number of amidine groups is 1. The molecule has 1 fully saturated rings. The summed E-state index contributed by atoms with van der Waals surface area (Å²) in [6.07, 6.45) is 5.50. The number of rotatable bonds is 5. The van der Waals surface area contributed by atoms with Gasteiger partial charge in [0.2, 0.25) is 0 Å². The molecule has 0 amide bonds. The fraction of sp³-hybridized carbons (Fsp3) is 0.600. The summed E-state index contributed by atoms with van der Waals surface area (Å²) in [7, 11) is 0. The second-order valence-electron chi connectivity index (χ2n) is 3.54. The van der Waals surface area contributed by atoms with Gasteiger partial charge in [0.1, 0.15) is 5.84 Å². The Hall–Kier alpha value is -1.32. The summed E-state index contributed by atoms with van der Waals surface area (Å²) in [6.45, 7) is 1.77. The highest BCUT2D eigenvalue weighted by atomic mass is 16.1. The molecule has 14 heavy (non-hydrogen) atoms. The molecule has 1 rings (SSSR count). The average Bonchev–Trinajstić information content (AvgIpc) is 2.07. The van der Waals surface area contributed by atoms with E-state index in [0.717, 1.165) is 12.8 Å². The van der Waals surface area contributed by atoms with Crippen molar-refractivity contribution in [1.82, 2.24) is 5.32 Å². The molecule has 4 nitrogen and oxygen atoms in total. The topological polar surface area (TPSA) is 79.0 Å². The van der Waals surface area contributed by atoms with Gasteiger partial charge in [0.15, 0.2) is 5.78 Å².